The van der Waals surface area contributed by atoms with Crippen molar-refractivity contribution in [1.82, 2.24) is 9.80 Å². The van der Waals surface area contributed by atoms with Crippen molar-refractivity contribution in [2.45, 2.75) is 51.7 Å². The van der Waals surface area contributed by atoms with Crippen LogP contribution in [0.5, 0.6) is 0 Å². The van der Waals surface area contributed by atoms with Crippen LogP contribution in [0.15, 0.2) is 66.2 Å². The lowest BCUT2D eigenvalue weighted by Crippen LogP contribution is -2.50. The first-order valence-electron chi connectivity index (χ1n) is 14.1. The number of hydrogen-bond acceptors (Lipinski definition) is 4. The van der Waals surface area contributed by atoms with Crippen LogP contribution in [0.25, 0.3) is 0 Å². The topological polar surface area (TPSA) is 32.8 Å². The minimum atomic E-state index is -0.0380. The minimum Gasteiger partial charge on any atom is -0.461 e. The first-order chi connectivity index (χ1) is 17.9. The number of allylic oxidation sites excluding steroid dienone is 1. The Kier molecular flexibility index (Phi) is 6.94. The van der Waals surface area contributed by atoms with Gasteiger partial charge in [-0.3, -0.25) is 14.6 Å². The molecular formula is C32H39ClN2O2. The predicted octanol–water partition coefficient (Wildman–Crippen LogP) is 6.36. The van der Waals surface area contributed by atoms with Gasteiger partial charge in [-0.1, -0.05) is 86.0 Å². The average molecular weight is 519 g/mol. The van der Waals surface area contributed by atoms with E-state index in [0.717, 1.165) is 44.2 Å². The number of carbonyl (C=O) groups is 1. The molecule has 37 heavy (non-hydrogen) atoms. The molecule has 3 fully saturated rings. The van der Waals surface area contributed by atoms with Gasteiger partial charge in [0.1, 0.15) is 6.10 Å². The Morgan fingerprint density at radius 1 is 1.03 bits per heavy atom. The van der Waals surface area contributed by atoms with E-state index in [4.69, 9.17) is 16.3 Å². The van der Waals surface area contributed by atoms with Crippen molar-refractivity contribution in [1.29, 1.82) is 0 Å². The number of esters is 1. The number of hydrogen-bond donors (Lipinski definition) is 0. The molecule has 2 aromatic rings. The molecule has 0 bridgehead atoms. The lowest BCUT2D eigenvalue weighted by molar-refractivity contribution is -0.145. The second kappa shape index (κ2) is 10.2. The molecule has 1 saturated carbocycles. The normalized spacial score (nSPS) is 33.3. The highest BCUT2D eigenvalue weighted by molar-refractivity contribution is 6.30. The summed E-state index contributed by atoms with van der Waals surface area (Å²) < 4.78 is 6.02. The van der Waals surface area contributed by atoms with Crippen LogP contribution < -0.4 is 0 Å². The number of rotatable bonds is 5. The summed E-state index contributed by atoms with van der Waals surface area (Å²) >= 11 is 6.20. The fourth-order valence-corrected chi connectivity index (χ4v) is 7.76. The van der Waals surface area contributed by atoms with Gasteiger partial charge in [-0.15, -0.1) is 0 Å². The van der Waals surface area contributed by atoms with Crippen molar-refractivity contribution in [2.24, 2.45) is 23.2 Å². The summed E-state index contributed by atoms with van der Waals surface area (Å²) in [5, 5.41) is 0.766. The van der Waals surface area contributed by atoms with Gasteiger partial charge in [-0.2, -0.15) is 0 Å². The van der Waals surface area contributed by atoms with Crippen LogP contribution in [0.2, 0.25) is 5.02 Å². The summed E-state index contributed by atoms with van der Waals surface area (Å²) in [4.78, 5) is 18.1. The third-order valence-corrected chi connectivity index (χ3v) is 9.86. The van der Waals surface area contributed by atoms with Crippen molar-refractivity contribution >= 4 is 17.6 Å². The van der Waals surface area contributed by atoms with E-state index in [9.17, 15) is 4.79 Å². The van der Waals surface area contributed by atoms with Crippen LogP contribution >= 0.6 is 11.6 Å². The highest BCUT2D eigenvalue weighted by Crippen LogP contribution is 2.54. The first-order valence-corrected chi connectivity index (χ1v) is 14.5. The van der Waals surface area contributed by atoms with E-state index in [2.05, 4.69) is 72.2 Å². The van der Waals surface area contributed by atoms with Crippen molar-refractivity contribution < 1.29 is 9.53 Å². The van der Waals surface area contributed by atoms with E-state index < -0.39 is 0 Å². The molecule has 196 valence electrons. The SMILES string of the molecule is C[C@@H]1CCC[C@@]2(C)C[C@H]3OC(=O)[C@H](CN4CCN([C@H](c5ccccc5)c5ccc(Cl)cc5)CC4)[C@@H]3C=C12. The predicted molar refractivity (Wildman–Crippen MR) is 148 cm³/mol. The van der Waals surface area contributed by atoms with Gasteiger partial charge < -0.3 is 4.74 Å². The maximum absolute atomic E-state index is 13.1. The minimum absolute atomic E-state index is 0.0208. The van der Waals surface area contributed by atoms with Gasteiger partial charge in [-0.25, -0.2) is 0 Å². The summed E-state index contributed by atoms with van der Waals surface area (Å²) in [7, 11) is 0. The average Bonchev–Trinajstić information content (AvgIpc) is 3.19. The van der Waals surface area contributed by atoms with Crippen LogP contribution in [-0.2, 0) is 9.53 Å². The number of ether oxygens (including phenoxy) is 1. The zero-order valence-corrected chi connectivity index (χ0v) is 22.9. The smallest absolute Gasteiger partial charge is 0.311 e. The highest BCUT2D eigenvalue weighted by atomic mass is 35.5. The van der Waals surface area contributed by atoms with E-state index in [1.807, 2.05) is 12.1 Å². The summed E-state index contributed by atoms with van der Waals surface area (Å²) in [6.07, 6.45) is 7.33. The molecule has 0 radical (unpaired) electrons. The molecule has 2 aromatic carbocycles. The van der Waals surface area contributed by atoms with Gasteiger partial charge in [-0.05, 0) is 53.9 Å². The molecule has 0 unspecified atom stereocenters. The number of benzene rings is 2. The van der Waals surface area contributed by atoms with Crippen molar-refractivity contribution in [3.63, 3.8) is 0 Å². The van der Waals surface area contributed by atoms with Gasteiger partial charge in [0.2, 0.25) is 0 Å². The molecule has 6 rings (SSSR count). The molecule has 0 aromatic heterocycles. The number of halogens is 1. The maximum Gasteiger partial charge on any atom is 0.311 e. The Labute approximate surface area is 226 Å². The summed E-state index contributed by atoms with van der Waals surface area (Å²) in [5.41, 5.74) is 4.39. The molecular weight excluding hydrogens is 480 g/mol. The van der Waals surface area contributed by atoms with E-state index in [1.54, 1.807) is 5.57 Å². The van der Waals surface area contributed by atoms with Crippen LogP contribution in [0.4, 0.5) is 0 Å². The number of nitrogens with zero attached hydrogens (tertiary/aromatic N) is 2. The molecule has 6 atom stereocenters. The van der Waals surface area contributed by atoms with Gasteiger partial charge >= 0.3 is 5.97 Å². The third kappa shape index (κ3) is 4.89. The van der Waals surface area contributed by atoms with E-state index in [1.165, 1.54) is 30.4 Å². The Morgan fingerprint density at radius 3 is 2.46 bits per heavy atom. The Hall–Kier alpha value is -2.14. The fraction of sp³-hybridized carbons (Fsp3) is 0.531. The van der Waals surface area contributed by atoms with E-state index in [-0.39, 0.29) is 35.4 Å². The summed E-state index contributed by atoms with van der Waals surface area (Å²) in [6.45, 7) is 9.43. The van der Waals surface area contributed by atoms with Gasteiger partial charge in [0.15, 0.2) is 0 Å². The molecule has 2 aliphatic heterocycles. The molecule has 5 heteroatoms. The van der Waals surface area contributed by atoms with Gasteiger partial charge in [0, 0.05) is 43.7 Å². The molecule has 2 heterocycles. The Bertz CT molecular complexity index is 1140. The van der Waals surface area contributed by atoms with Gasteiger partial charge in [0.05, 0.1) is 12.0 Å². The van der Waals surface area contributed by atoms with Crippen LogP contribution in [-0.4, -0.2) is 54.6 Å². The molecule has 4 aliphatic rings. The second-order valence-corrected chi connectivity index (χ2v) is 12.5. The summed E-state index contributed by atoms with van der Waals surface area (Å²) in [5.74, 6) is 0.846. The molecule has 0 N–H and O–H groups in total. The Morgan fingerprint density at radius 2 is 1.73 bits per heavy atom. The highest BCUT2D eigenvalue weighted by Gasteiger charge is 2.52. The maximum atomic E-state index is 13.1. The summed E-state index contributed by atoms with van der Waals surface area (Å²) in [6, 6.07) is 19.2. The first kappa shape index (κ1) is 25.2. The van der Waals surface area contributed by atoms with E-state index in [0.29, 0.717) is 5.92 Å². The van der Waals surface area contributed by atoms with E-state index >= 15 is 0 Å². The van der Waals surface area contributed by atoms with Gasteiger partial charge in [0.25, 0.3) is 0 Å². The lowest BCUT2D eigenvalue weighted by atomic mass is 9.59. The molecule has 4 nitrogen and oxygen atoms in total. The lowest BCUT2D eigenvalue weighted by Gasteiger charge is -2.46. The number of fused-ring (bicyclic) bond motifs is 2. The van der Waals surface area contributed by atoms with Crippen molar-refractivity contribution in [2.75, 3.05) is 32.7 Å². The fourth-order valence-electron chi connectivity index (χ4n) is 7.64. The van der Waals surface area contributed by atoms with Crippen LogP contribution in [0.3, 0.4) is 0 Å². The van der Waals surface area contributed by atoms with Crippen molar-refractivity contribution in [3.8, 4) is 0 Å². The quantitative estimate of drug-likeness (QED) is 0.340. The Balaban J connectivity index is 1.15. The van der Waals surface area contributed by atoms with Crippen LogP contribution in [0, 0.1) is 23.2 Å². The van der Waals surface area contributed by atoms with Crippen LogP contribution in [0.1, 0.15) is 56.7 Å². The molecule has 0 spiro atoms. The molecule has 2 aliphatic carbocycles. The zero-order valence-electron chi connectivity index (χ0n) is 22.1. The second-order valence-electron chi connectivity index (χ2n) is 12.0. The largest absolute Gasteiger partial charge is 0.461 e. The third-order valence-electron chi connectivity index (χ3n) is 9.61. The standard InChI is InChI=1S/C32H39ClN2O2/c1-22-7-6-14-32(2)20-29-26(19-28(22)32)27(31(36)37-29)21-34-15-17-35(18-16-34)30(23-8-4-3-5-9-23)24-10-12-25(33)13-11-24/h3-5,8-13,19,22,26-27,29-30H,6-7,14-18,20-21H2,1-2H3/t22-,26+,27-,29-,30-,32+/m1/s1. The van der Waals surface area contributed by atoms with Crippen molar-refractivity contribution in [3.05, 3.63) is 82.4 Å². The molecule has 2 saturated heterocycles. The number of piperazine rings is 1. The molecule has 0 amide bonds. The number of carbonyl (C=O) groups excluding carboxylic acids is 1. The monoisotopic (exact) mass is 518 g/mol. The zero-order chi connectivity index (χ0) is 25.6.